The molecule has 3 heteroatoms. The maximum Gasteiger partial charge on any atom is 0.333 e. The van der Waals surface area contributed by atoms with Gasteiger partial charge in [-0.05, 0) is 19.3 Å². The van der Waals surface area contributed by atoms with E-state index in [1.54, 1.807) is 7.11 Å². The van der Waals surface area contributed by atoms with Gasteiger partial charge in [0, 0.05) is 12.7 Å². The molecule has 0 spiro atoms. The van der Waals surface area contributed by atoms with Crippen LogP contribution < -0.4 is 0 Å². The molecule has 0 aliphatic carbocycles. The van der Waals surface area contributed by atoms with E-state index in [0.717, 1.165) is 18.4 Å². The van der Waals surface area contributed by atoms with Crippen molar-refractivity contribution in [1.29, 1.82) is 0 Å². The van der Waals surface area contributed by atoms with Crippen LogP contribution in [0.5, 0.6) is 0 Å². The number of carbonyl (C=O) groups excluding carboxylic acids is 1. The van der Waals surface area contributed by atoms with Gasteiger partial charge >= 0.3 is 5.97 Å². The molecule has 0 saturated heterocycles. The molecule has 0 aliphatic heterocycles. The number of hydrogen-bond donors (Lipinski definition) is 0. The second-order valence-corrected chi connectivity index (χ2v) is 3.13. The molecule has 0 aromatic carbocycles. The average molecular weight is 198 g/mol. The molecular formula is C11H18O3. The summed E-state index contributed by atoms with van der Waals surface area (Å²) >= 11 is 0. The van der Waals surface area contributed by atoms with Crippen LogP contribution in [0, 0.1) is 0 Å². The van der Waals surface area contributed by atoms with Crippen molar-refractivity contribution in [3.8, 4) is 0 Å². The van der Waals surface area contributed by atoms with E-state index in [0.29, 0.717) is 18.6 Å². The first-order chi connectivity index (χ1) is 6.61. The highest BCUT2D eigenvalue weighted by Crippen LogP contribution is 2.10. The van der Waals surface area contributed by atoms with Crippen LogP contribution in [0.4, 0.5) is 0 Å². The molecule has 80 valence electrons. The van der Waals surface area contributed by atoms with E-state index in [1.165, 1.54) is 7.11 Å². The van der Waals surface area contributed by atoms with Crippen LogP contribution in [0.1, 0.15) is 19.3 Å². The van der Waals surface area contributed by atoms with Gasteiger partial charge in [0.2, 0.25) is 0 Å². The highest BCUT2D eigenvalue weighted by atomic mass is 16.5. The van der Waals surface area contributed by atoms with Gasteiger partial charge in [-0.2, -0.15) is 0 Å². The highest BCUT2D eigenvalue weighted by Gasteiger charge is 2.05. The Hall–Kier alpha value is -1.09. The topological polar surface area (TPSA) is 35.5 Å². The number of hydrogen-bond acceptors (Lipinski definition) is 3. The highest BCUT2D eigenvalue weighted by molar-refractivity contribution is 5.87. The van der Waals surface area contributed by atoms with E-state index in [2.05, 4.69) is 17.9 Å². The molecule has 0 aliphatic rings. The van der Waals surface area contributed by atoms with E-state index in [4.69, 9.17) is 4.74 Å². The van der Waals surface area contributed by atoms with Crippen molar-refractivity contribution in [2.24, 2.45) is 0 Å². The van der Waals surface area contributed by atoms with E-state index in [9.17, 15) is 4.79 Å². The Morgan fingerprint density at radius 3 is 2.36 bits per heavy atom. The van der Waals surface area contributed by atoms with Gasteiger partial charge in [-0.25, -0.2) is 4.79 Å². The molecule has 0 bridgehead atoms. The zero-order chi connectivity index (χ0) is 11.0. The zero-order valence-corrected chi connectivity index (χ0v) is 8.97. The zero-order valence-electron chi connectivity index (χ0n) is 8.97. The number of esters is 1. The third-order valence-corrected chi connectivity index (χ3v) is 1.83. The first kappa shape index (κ1) is 12.9. The van der Waals surface area contributed by atoms with Crippen molar-refractivity contribution in [3.05, 3.63) is 24.3 Å². The lowest BCUT2D eigenvalue weighted by Crippen LogP contribution is -2.03. The summed E-state index contributed by atoms with van der Waals surface area (Å²) in [4.78, 5) is 10.9. The summed E-state index contributed by atoms with van der Waals surface area (Å²) in [6, 6.07) is 0. The largest absolute Gasteiger partial charge is 0.466 e. The molecule has 0 unspecified atom stereocenters. The van der Waals surface area contributed by atoms with E-state index < -0.39 is 0 Å². The van der Waals surface area contributed by atoms with Gasteiger partial charge in [-0.15, -0.1) is 0 Å². The molecule has 0 heterocycles. The average Bonchev–Trinajstić information content (AvgIpc) is 2.16. The second-order valence-electron chi connectivity index (χ2n) is 3.13. The Kier molecular flexibility index (Phi) is 6.76. The van der Waals surface area contributed by atoms with Gasteiger partial charge in [-0.1, -0.05) is 18.7 Å². The summed E-state index contributed by atoms with van der Waals surface area (Å²) in [6.07, 6.45) is 2.36. The van der Waals surface area contributed by atoms with Crippen LogP contribution in [0.3, 0.4) is 0 Å². The Balaban J connectivity index is 3.59. The minimum atomic E-state index is -0.331. The number of ether oxygens (including phenoxy) is 2. The molecular weight excluding hydrogens is 180 g/mol. The molecule has 0 N–H and O–H groups in total. The SMILES string of the molecule is C=C(CCCC(=C)C(=O)OC)COC. The Morgan fingerprint density at radius 1 is 1.21 bits per heavy atom. The predicted octanol–water partition coefficient (Wildman–Crippen LogP) is 2.09. The monoisotopic (exact) mass is 198 g/mol. The molecule has 14 heavy (non-hydrogen) atoms. The molecule has 3 nitrogen and oxygen atoms in total. The van der Waals surface area contributed by atoms with E-state index >= 15 is 0 Å². The molecule has 0 aromatic heterocycles. The Bertz CT molecular complexity index is 219. The number of methoxy groups -OCH3 is 2. The standard InChI is InChI=1S/C11H18O3/c1-9(8-13-3)6-5-7-10(2)11(12)14-4/h1-2,5-8H2,3-4H3. The Labute approximate surface area is 85.4 Å². The van der Waals surface area contributed by atoms with Crippen molar-refractivity contribution >= 4 is 5.97 Å². The smallest absolute Gasteiger partial charge is 0.333 e. The summed E-state index contributed by atoms with van der Waals surface area (Å²) < 4.78 is 9.45. The lowest BCUT2D eigenvalue weighted by Gasteiger charge is -2.05. The minimum absolute atomic E-state index is 0.331. The third kappa shape index (κ3) is 5.54. The molecule has 0 aromatic rings. The van der Waals surface area contributed by atoms with Crippen LogP contribution in [0.15, 0.2) is 24.3 Å². The van der Waals surface area contributed by atoms with Crippen molar-refractivity contribution in [1.82, 2.24) is 0 Å². The lowest BCUT2D eigenvalue weighted by molar-refractivity contribution is -0.136. The fraction of sp³-hybridized carbons (Fsp3) is 0.545. The maximum atomic E-state index is 10.9. The van der Waals surface area contributed by atoms with Crippen molar-refractivity contribution in [3.63, 3.8) is 0 Å². The van der Waals surface area contributed by atoms with Crippen molar-refractivity contribution in [2.45, 2.75) is 19.3 Å². The predicted molar refractivity (Wildman–Crippen MR) is 56.0 cm³/mol. The van der Waals surface area contributed by atoms with Gasteiger partial charge in [0.1, 0.15) is 0 Å². The van der Waals surface area contributed by atoms with Crippen LogP contribution in [-0.2, 0) is 14.3 Å². The fourth-order valence-electron chi connectivity index (χ4n) is 1.07. The van der Waals surface area contributed by atoms with Gasteiger partial charge in [0.15, 0.2) is 0 Å². The van der Waals surface area contributed by atoms with Crippen LogP contribution in [0.25, 0.3) is 0 Å². The summed E-state index contributed by atoms with van der Waals surface area (Å²) in [5.41, 5.74) is 1.54. The van der Waals surface area contributed by atoms with Gasteiger partial charge in [0.25, 0.3) is 0 Å². The van der Waals surface area contributed by atoms with Crippen molar-refractivity contribution in [2.75, 3.05) is 20.8 Å². The summed E-state index contributed by atoms with van der Waals surface area (Å²) in [7, 11) is 3.00. The maximum absolute atomic E-state index is 10.9. The quantitative estimate of drug-likeness (QED) is 0.357. The van der Waals surface area contributed by atoms with Crippen LogP contribution in [0.2, 0.25) is 0 Å². The Morgan fingerprint density at radius 2 is 1.86 bits per heavy atom. The third-order valence-electron chi connectivity index (χ3n) is 1.83. The number of rotatable bonds is 7. The number of carbonyl (C=O) groups is 1. The normalized spacial score (nSPS) is 9.57. The van der Waals surface area contributed by atoms with Crippen LogP contribution >= 0.6 is 0 Å². The minimum Gasteiger partial charge on any atom is -0.466 e. The van der Waals surface area contributed by atoms with Gasteiger partial charge < -0.3 is 9.47 Å². The molecule has 0 atom stereocenters. The molecule has 0 amide bonds. The molecule has 0 fully saturated rings. The first-order valence-electron chi connectivity index (χ1n) is 4.53. The summed E-state index contributed by atoms with van der Waals surface area (Å²) in [6.45, 7) is 8.04. The fourth-order valence-corrected chi connectivity index (χ4v) is 1.07. The van der Waals surface area contributed by atoms with E-state index in [-0.39, 0.29) is 5.97 Å². The second kappa shape index (κ2) is 7.33. The van der Waals surface area contributed by atoms with Gasteiger partial charge in [-0.3, -0.25) is 0 Å². The van der Waals surface area contributed by atoms with E-state index in [1.807, 2.05) is 0 Å². The molecule has 0 rings (SSSR count). The summed E-state index contributed by atoms with van der Waals surface area (Å²) in [5.74, 6) is -0.331. The first-order valence-corrected chi connectivity index (χ1v) is 4.53. The summed E-state index contributed by atoms with van der Waals surface area (Å²) in [5, 5.41) is 0. The van der Waals surface area contributed by atoms with Crippen molar-refractivity contribution < 1.29 is 14.3 Å². The molecule has 0 radical (unpaired) electrons. The lowest BCUT2D eigenvalue weighted by atomic mass is 10.1. The van der Waals surface area contributed by atoms with Crippen LogP contribution in [-0.4, -0.2) is 26.8 Å². The molecule has 0 saturated carbocycles. The van der Waals surface area contributed by atoms with Gasteiger partial charge in [0.05, 0.1) is 13.7 Å².